The predicted molar refractivity (Wildman–Crippen MR) is 87.4 cm³/mol. The second kappa shape index (κ2) is 6.71. The quantitative estimate of drug-likeness (QED) is 0.729. The van der Waals surface area contributed by atoms with Gasteiger partial charge in [0.2, 0.25) is 0 Å². The van der Waals surface area contributed by atoms with Gasteiger partial charge in [0.1, 0.15) is 18.7 Å². The summed E-state index contributed by atoms with van der Waals surface area (Å²) >= 11 is 0. The molecule has 120 valence electrons. The van der Waals surface area contributed by atoms with Crippen LogP contribution in [0.25, 0.3) is 10.9 Å². The lowest BCUT2D eigenvalue weighted by Crippen LogP contribution is -2.29. The first-order valence-corrected chi connectivity index (χ1v) is 7.21. The molecule has 0 saturated heterocycles. The Morgan fingerprint density at radius 2 is 2.08 bits per heavy atom. The molecule has 3 rings (SSSR count). The second-order valence-corrected chi connectivity index (χ2v) is 5.05. The Balaban J connectivity index is 1.83. The largest absolute Gasteiger partial charge is 0.465 e. The number of rotatable bonds is 5. The highest BCUT2D eigenvalue weighted by molar-refractivity contribution is 5.91. The van der Waals surface area contributed by atoms with Crippen LogP contribution in [-0.2, 0) is 6.61 Å². The standard InChI is InChI=1S/C17H14N4O3/c18-8-9-20(17(22)23)15-6-7-16-14(10-15)11-19-21(16)24-12-13-4-2-1-3-5-13/h1-7,10-11H,9,12H2,(H,22,23). The fourth-order valence-electron chi connectivity index (χ4n) is 2.32. The molecule has 1 amide bonds. The Morgan fingerprint density at radius 3 is 2.79 bits per heavy atom. The van der Waals surface area contributed by atoms with Gasteiger partial charge in [-0.2, -0.15) is 5.26 Å². The van der Waals surface area contributed by atoms with Gasteiger partial charge in [0, 0.05) is 11.1 Å². The van der Waals surface area contributed by atoms with Crippen LogP contribution in [0.15, 0.2) is 54.7 Å². The van der Waals surface area contributed by atoms with Gasteiger partial charge < -0.3 is 9.94 Å². The molecule has 1 N–H and O–H groups in total. The summed E-state index contributed by atoms with van der Waals surface area (Å²) in [4.78, 5) is 19.3. The van der Waals surface area contributed by atoms with Crippen LogP contribution in [0.3, 0.4) is 0 Å². The Bertz CT molecular complexity index is 899. The monoisotopic (exact) mass is 322 g/mol. The van der Waals surface area contributed by atoms with E-state index in [1.54, 1.807) is 24.4 Å². The van der Waals surface area contributed by atoms with E-state index < -0.39 is 6.09 Å². The molecule has 0 fully saturated rings. The highest BCUT2D eigenvalue weighted by Gasteiger charge is 2.15. The van der Waals surface area contributed by atoms with Crippen LogP contribution in [0.4, 0.5) is 10.5 Å². The highest BCUT2D eigenvalue weighted by Crippen LogP contribution is 2.22. The lowest BCUT2D eigenvalue weighted by molar-refractivity contribution is 0.0795. The van der Waals surface area contributed by atoms with Crippen LogP contribution in [0.5, 0.6) is 0 Å². The molecule has 2 aromatic carbocycles. The topological polar surface area (TPSA) is 91.4 Å². The van der Waals surface area contributed by atoms with Crippen LogP contribution in [-0.4, -0.2) is 27.7 Å². The number of hydrogen-bond donors (Lipinski definition) is 1. The maximum absolute atomic E-state index is 11.2. The van der Waals surface area contributed by atoms with Crippen molar-refractivity contribution in [2.45, 2.75) is 6.61 Å². The van der Waals surface area contributed by atoms with E-state index in [1.165, 1.54) is 4.85 Å². The third kappa shape index (κ3) is 3.13. The minimum atomic E-state index is -1.18. The van der Waals surface area contributed by atoms with Gasteiger partial charge in [-0.25, -0.2) is 4.79 Å². The fourth-order valence-corrected chi connectivity index (χ4v) is 2.32. The molecular formula is C17H14N4O3. The van der Waals surface area contributed by atoms with Gasteiger partial charge in [-0.15, -0.1) is 5.10 Å². The summed E-state index contributed by atoms with van der Waals surface area (Å²) in [5.41, 5.74) is 2.15. The second-order valence-electron chi connectivity index (χ2n) is 5.05. The number of hydrogen-bond acceptors (Lipinski definition) is 4. The number of nitrogens with zero attached hydrogens (tertiary/aromatic N) is 4. The van der Waals surface area contributed by atoms with Crippen molar-refractivity contribution in [3.63, 3.8) is 0 Å². The lowest BCUT2D eigenvalue weighted by atomic mass is 10.2. The van der Waals surface area contributed by atoms with Crippen LogP contribution in [0, 0.1) is 11.3 Å². The van der Waals surface area contributed by atoms with Gasteiger partial charge in [0.15, 0.2) is 0 Å². The Kier molecular flexibility index (Phi) is 4.29. The molecule has 3 aromatic rings. The molecule has 0 bridgehead atoms. The summed E-state index contributed by atoms with van der Waals surface area (Å²) in [6.45, 7) is 0.133. The molecule has 24 heavy (non-hydrogen) atoms. The predicted octanol–water partition coefficient (Wildman–Crippen LogP) is 2.67. The van der Waals surface area contributed by atoms with E-state index >= 15 is 0 Å². The van der Waals surface area contributed by atoms with Gasteiger partial charge >= 0.3 is 6.09 Å². The zero-order valence-corrected chi connectivity index (χ0v) is 12.7. The maximum atomic E-state index is 11.2. The number of anilines is 1. The molecule has 0 atom stereocenters. The molecule has 1 heterocycles. The first kappa shape index (κ1) is 15.4. The summed E-state index contributed by atoms with van der Waals surface area (Å²) in [6, 6.07) is 16.6. The van der Waals surface area contributed by atoms with Crippen molar-refractivity contribution in [3.05, 3.63) is 60.3 Å². The van der Waals surface area contributed by atoms with Crippen molar-refractivity contribution < 1.29 is 14.7 Å². The van der Waals surface area contributed by atoms with E-state index in [1.807, 2.05) is 36.4 Å². The smallest absolute Gasteiger partial charge is 0.412 e. The summed E-state index contributed by atoms with van der Waals surface area (Å²) in [5.74, 6) is 0. The zero-order valence-electron chi connectivity index (χ0n) is 12.7. The summed E-state index contributed by atoms with van der Waals surface area (Å²) < 4.78 is 0. The zero-order chi connectivity index (χ0) is 16.9. The summed E-state index contributed by atoms with van der Waals surface area (Å²) in [6.07, 6.45) is 0.416. The molecule has 0 spiro atoms. The number of nitriles is 1. The van der Waals surface area contributed by atoms with Crippen molar-refractivity contribution in [1.82, 2.24) is 9.94 Å². The van der Waals surface area contributed by atoms with Gasteiger partial charge in [-0.1, -0.05) is 35.2 Å². The van der Waals surface area contributed by atoms with Crippen LogP contribution < -0.4 is 9.74 Å². The maximum Gasteiger partial charge on any atom is 0.412 e. The molecule has 0 aliphatic rings. The van der Waals surface area contributed by atoms with Crippen molar-refractivity contribution in [2.24, 2.45) is 0 Å². The van der Waals surface area contributed by atoms with Gasteiger partial charge in [0.25, 0.3) is 0 Å². The Morgan fingerprint density at radius 1 is 1.29 bits per heavy atom. The SMILES string of the molecule is N#CCN(C(=O)O)c1ccc2c(cnn2OCc2ccccc2)c1. The van der Waals surface area contributed by atoms with Gasteiger partial charge in [0.05, 0.1) is 12.3 Å². The van der Waals surface area contributed by atoms with Gasteiger partial charge in [-0.3, -0.25) is 4.90 Å². The molecule has 0 radical (unpaired) electrons. The van der Waals surface area contributed by atoms with E-state index in [-0.39, 0.29) is 6.54 Å². The molecule has 7 nitrogen and oxygen atoms in total. The van der Waals surface area contributed by atoms with Crippen molar-refractivity contribution in [3.8, 4) is 6.07 Å². The van der Waals surface area contributed by atoms with E-state index in [0.717, 1.165) is 21.4 Å². The molecular weight excluding hydrogens is 308 g/mol. The minimum absolute atomic E-state index is 0.237. The van der Waals surface area contributed by atoms with E-state index in [4.69, 9.17) is 10.1 Å². The van der Waals surface area contributed by atoms with Crippen molar-refractivity contribution in [2.75, 3.05) is 11.4 Å². The Hall–Kier alpha value is -3.53. The third-order valence-corrected chi connectivity index (χ3v) is 3.49. The average molecular weight is 322 g/mol. The molecule has 0 saturated carbocycles. The third-order valence-electron chi connectivity index (χ3n) is 3.49. The van der Waals surface area contributed by atoms with Crippen LogP contribution in [0.1, 0.15) is 5.56 Å². The summed E-state index contributed by atoms with van der Waals surface area (Å²) in [5, 5.41) is 22.8. The minimum Gasteiger partial charge on any atom is -0.465 e. The number of amides is 1. The fraction of sp³-hybridized carbons (Fsp3) is 0.118. The number of fused-ring (bicyclic) bond motifs is 1. The average Bonchev–Trinajstić information content (AvgIpc) is 3.00. The normalized spacial score (nSPS) is 10.3. The molecule has 1 aromatic heterocycles. The molecule has 0 unspecified atom stereocenters. The molecule has 0 aliphatic heterocycles. The number of carboxylic acid groups (broad SMARTS) is 1. The van der Waals surface area contributed by atoms with Crippen molar-refractivity contribution >= 4 is 22.7 Å². The van der Waals surface area contributed by atoms with E-state index in [9.17, 15) is 9.90 Å². The lowest BCUT2D eigenvalue weighted by Gasteiger charge is -2.15. The van der Waals surface area contributed by atoms with Crippen molar-refractivity contribution in [1.29, 1.82) is 5.26 Å². The molecule has 7 heteroatoms. The van der Waals surface area contributed by atoms with Crippen LogP contribution in [0.2, 0.25) is 0 Å². The highest BCUT2D eigenvalue weighted by atomic mass is 16.7. The number of aromatic nitrogens is 2. The van der Waals surface area contributed by atoms with Crippen LogP contribution >= 0.6 is 0 Å². The van der Waals surface area contributed by atoms with E-state index in [2.05, 4.69) is 5.10 Å². The Labute approximate surface area is 137 Å². The summed E-state index contributed by atoms with van der Waals surface area (Å²) in [7, 11) is 0. The first-order chi connectivity index (χ1) is 11.7. The first-order valence-electron chi connectivity index (χ1n) is 7.21. The molecule has 0 aliphatic carbocycles. The van der Waals surface area contributed by atoms with Gasteiger partial charge in [-0.05, 0) is 23.8 Å². The number of carbonyl (C=O) groups is 1. The van der Waals surface area contributed by atoms with E-state index in [0.29, 0.717) is 12.3 Å². The number of benzene rings is 2.